The number of amides is 2. The van der Waals surface area contributed by atoms with Crippen LogP contribution in [0.1, 0.15) is 34.3 Å². The number of hydrogen-bond donors (Lipinski definition) is 6. The summed E-state index contributed by atoms with van der Waals surface area (Å²) in [5.74, 6) is 0.580. The van der Waals surface area contributed by atoms with Gasteiger partial charge in [0, 0.05) is 36.6 Å². The van der Waals surface area contributed by atoms with Crippen LogP contribution in [0.4, 0.5) is 11.6 Å². The topological polar surface area (TPSA) is 155 Å². The molecule has 0 radical (unpaired) electrons. The molecule has 6 heterocycles. The molecule has 4 aromatic rings. The molecule has 12 nitrogen and oxygen atoms in total. The monoisotopic (exact) mass is 616 g/mol. The molecular weight excluding hydrogens is 584 g/mol. The van der Waals surface area contributed by atoms with E-state index in [0.29, 0.717) is 35.9 Å². The van der Waals surface area contributed by atoms with E-state index in [4.69, 9.17) is 0 Å². The molecule has 0 saturated carbocycles. The van der Waals surface area contributed by atoms with Crippen LogP contribution in [-0.2, 0) is 9.59 Å². The van der Waals surface area contributed by atoms with E-state index in [9.17, 15) is 20.0 Å². The predicted octanol–water partition coefficient (Wildman–Crippen LogP) is 2.93. The first-order valence-electron chi connectivity index (χ1n) is 15.0. The van der Waals surface area contributed by atoms with E-state index < -0.39 is 0 Å². The molecule has 232 valence electrons. The van der Waals surface area contributed by atoms with E-state index in [1.807, 2.05) is 72.8 Å². The molecule has 8 rings (SSSR count). The maximum Gasteiger partial charge on any atom is 0.251 e. The van der Waals surface area contributed by atoms with E-state index in [0.717, 1.165) is 43.8 Å². The number of nitrogens with zero attached hydrogens (tertiary/aromatic N) is 4. The molecule has 4 aliphatic rings. The third-order valence-electron chi connectivity index (χ3n) is 8.35. The number of nitrogens with one attached hydrogen (secondary N) is 4. The summed E-state index contributed by atoms with van der Waals surface area (Å²) in [4.78, 5) is 33.4. The Bertz CT molecular complexity index is 1850. The molecule has 0 saturated heterocycles. The molecule has 2 aromatic carbocycles. The summed E-state index contributed by atoms with van der Waals surface area (Å²) in [6.07, 6.45) is 3.25. The maximum atomic E-state index is 12.6. The van der Waals surface area contributed by atoms with Crippen LogP contribution < -0.4 is 31.4 Å². The van der Waals surface area contributed by atoms with Crippen molar-refractivity contribution in [2.45, 2.75) is 12.1 Å². The number of benzene rings is 2. The van der Waals surface area contributed by atoms with Crippen LogP contribution in [0.15, 0.2) is 108 Å². The van der Waals surface area contributed by atoms with Gasteiger partial charge in [-0.1, -0.05) is 60.7 Å². The molecule has 4 aliphatic heterocycles. The SMILES string of the molecule is O=C1NC[C@H](c2ccccc2)NC2=C1CN(O)c1ncccc12.O=C1N[C@@H](c2ccccc2)CNC2=C1CN(O)c1ncccc12. The zero-order valence-electron chi connectivity index (χ0n) is 24.7. The van der Waals surface area contributed by atoms with Gasteiger partial charge in [-0.05, 0) is 35.4 Å². The molecule has 6 N–H and O–H groups in total. The first-order valence-corrected chi connectivity index (χ1v) is 15.0. The lowest BCUT2D eigenvalue weighted by Gasteiger charge is -2.28. The summed E-state index contributed by atoms with van der Waals surface area (Å²) >= 11 is 0. The van der Waals surface area contributed by atoms with E-state index >= 15 is 0 Å². The normalized spacial score (nSPS) is 20.1. The highest BCUT2D eigenvalue weighted by molar-refractivity contribution is 6.05. The van der Waals surface area contributed by atoms with Crippen molar-refractivity contribution in [1.82, 2.24) is 31.2 Å². The van der Waals surface area contributed by atoms with Gasteiger partial charge in [0.2, 0.25) is 0 Å². The number of aromatic nitrogens is 2. The summed E-state index contributed by atoms with van der Waals surface area (Å²) < 4.78 is 0. The number of carbonyl (C=O) groups is 2. The van der Waals surface area contributed by atoms with Crippen LogP contribution in [0.5, 0.6) is 0 Å². The Balaban J connectivity index is 0.000000147. The van der Waals surface area contributed by atoms with Crippen molar-refractivity contribution in [3.05, 3.63) is 131 Å². The van der Waals surface area contributed by atoms with Gasteiger partial charge in [0.15, 0.2) is 11.6 Å². The van der Waals surface area contributed by atoms with Crippen LogP contribution in [0.2, 0.25) is 0 Å². The molecule has 0 fully saturated rings. The Hall–Kier alpha value is -5.72. The van der Waals surface area contributed by atoms with E-state index in [1.165, 1.54) is 0 Å². The van der Waals surface area contributed by atoms with Crippen LogP contribution in [0.3, 0.4) is 0 Å². The Morgan fingerprint density at radius 1 is 0.587 bits per heavy atom. The second-order valence-corrected chi connectivity index (χ2v) is 11.2. The van der Waals surface area contributed by atoms with Gasteiger partial charge in [0.25, 0.3) is 11.8 Å². The van der Waals surface area contributed by atoms with Gasteiger partial charge >= 0.3 is 0 Å². The fourth-order valence-electron chi connectivity index (χ4n) is 6.07. The summed E-state index contributed by atoms with van der Waals surface area (Å²) in [5, 5.41) is 35.0. The Kier molecular flexibility index (Phi) is 7.79. The number of carbonyl (C=O) groups excluding carboxylic acids is 2. The highest BCUT2D eigenvalue weighted by atomic mass is 16.5. The van der Waals surface area contributed by atoms with Crippen molar-refractivity contribution < 1.29 is 20.0 Å². The largest absolute Gasteiger partial charge is 0.382 e. The summed E-state index contributed by atoms with van der Waals surface area (Å²) in [7, 11) is 0. The molecular formula is C34H32N8O4. The smallest absolute Gasteiger partial charge is 0.251 e. The van der Waals surface area contributed by atoms with Gasteiger partial charge in [-0.3, -0.25) is 20.0 Å². The number of anilines is 2. The van der Waals surface area contributed by atoms with Crippen molar-refractivity contribution in [2.75, 3.05) is 36.3 Å². The van der Waals surface area contributed by atoms with Crippen molar-refractivity contribution in [2.24, 2.45) is 0 Å². The number of pyridine rings is 2. The Labute approximate surface area is 265 Å². The van der Waals surface area contributed by atoms with Gasteiger partial charge in [-0.15, -0.1) is 0 Å². The van der Waals surface area contributed by atoms with Gasteiger partial charge in [0.1, 0.15) is 0 Å². The molecule has 0 unspecified atom stereocenters. The van der Waals surface area contributed by atoms with E-state index in [-0.39, 0.29) is 37.0 Å². The van der Waals surface area contributed by atoms with Crippen LogP contribution >= 0.6 is 0 Å². The van der Waals surface area contributed by atoms with Crippen molar-refractivity contribution in [1.29, 1.82) is 0 Å². The van der Waals surface area contributed by atoms with Crippen molar-refractivity contribution >= 4 is 34.8 Å². The Morgan fingerprint density at radius 3 is 1.67 bits per heavy atom. The first kappa shape index (κ1) is 29.0. The Morgan fingerprint density at radius 2 is 1.09 bits per heavy atom. The molecule has 46 heavy (non-hydrogen) atoms. The van der Waals surface area contributed by atoms with Crippen LogP contribution in [-0.4, -0.2) is 58.4 Å². The number of fused-ring (bicyclic) bond motifs is 4. The first-order chi connectivity index (χ1) is 22.5. The lowest BCUT2D eigenvalue weighted by atomic mass is 10.0. The fourth-order valence-corrected chi connectivity index (χ4v) is 6.07. The lowest BCUT2D eigenvalue weighted by Crippen LogP contribution is -2.35. The minimum absolute atomic E-state index is 0.0362. The average Bonchev–Trinajstić information content (AvgIpc) is 3.37. The molecule has 0 spiro atoms. The molecule has 2 atom stereocenters. The molecule has 2 aromatic heterocycles. The molecule has 0 bridgehead atoms. The minimum Gasteiger partial charge on any atom is -0.382 e. The summed E-state index contributed by atoms with van der Waals surface area (Å²) in [6.45, 7) is 1.28. The number of hydroxylamine groups is 2. The van der Waals surface area contributed by atoms with Crippen LogP contribution in [0.25, 0.3) is 11.4 Å². The lowest BCUT2D eigenvalue weighted by molar-refractivity contribution is -0.118. The fraction of sp³-hybridized carbons (Fsp3) is 0.176. The van der Waals surface area contributed by atoms with Crippen LogP contribution in [0, 0.1) is 0 Å². The zero-order chi connectivity index (χ0) is 31.6. The zero-order valence-corrected chi connectivity index (χ0v) is 24.7. The highest BCUT2D eigenvalue weighted by Crippen LogP contribution is 2.34. The molecule has 0 aliphatic carbocycles. The molecule has 2 amide bonds. The number of rotatable bonds is 2. The van der Waals surface area contributed by atoms with Gasteiger partial charge in [-0.2, -0.15) is 0 Å². The van der Waals surface area contributed by atoms with Gasteiger partial charge in [-0.25, -0.2) is 20.1 Å². The predicted molar refractivity (Wildman–Crippen MR) is 171 cm³/mol. The van der Waals surface area contributed by atoms with Crippen molar-refractivity contribution in [3.8, 4) is 0 Å². The highest BCUT2D eigenvalue weighted by Gasteiger charge is 2.34. The van der Waals surface area contributed by atoms with Crippen molar-refractivity contribution in [3.63, 3.8) is 0 Å². The second kappa shape index (κ2) is 12.3. The van der Waals surface area contributed by atoms with Gasteiger partial charge in [0.05, 0.1) is 47.7 Å². The molecule has 12 heteroatoms. The standard InChI is InChI=1S/2C17H16N4O2/c22-17-13-10-21(23)16-12(7-4-8-18-16)15(13)20-14(9-19-17)11-5-2-1-3-6-11;22-17-13-10-21(23)16-12(7-4-8-18-16)15(13)19-9-14(20-17)11-5-2-1-3-6-11/h1-8,14,20,23H,9-10H2,(H,19,22);1-8,14,19,23H,9-10H2,(H,20,22)/t2*14-/m11/s1. The van der Waals surface area contributed by atoms with E-state index in [2.05, 4.69) is 31.2 Å². The summed E-state index contributed by atoms with van der Waals surface area (Å²) in [6, 6.07) is 26.9. The quantitative estimate of drug-likeness (QED) is 0.198. The number of hydrogen-bond acceptors (Lipinski definition) is 10. The second-order valence-electron chi connectivity index (χ2n) is 11.2. The average molecular weight is 617 g/mol. The third kappa shape index (κ3) is 5.51. The third-order valence-corrected chi connectivity index (χ3v) is 8.35. The van der Waals surface area contributed by atoms with Gasteiger partial charge < -0.3 is 21.3 Å². The minimum atomic E-state index is -0.174. The van der Waals surface area contributed by atoms with E-state index in [1.54, 1.807) is 24.5 Å². The summed E-state index contributed by atoms with van der Waals surface area (Å²) in [5.41, 5.74) is 6.13. The maximum absolute atomic E-state index is 12.6.